The first kappa shape index (κ1) is 14.4. The van der Waals surface area contributed by atoms with Crippen LogP contribution >= 0.6 is 27.5 Å². The molecular formula is C13H12BrClN2O2. The fourth-order valence-electron chi connectivity index (χ4n) is 1.62. The van der Waals surface area contributed by atoms with E-state index in [1.54, 1.807) is 32.5 Å². The van der Waals surface area contributed by atoms with Gasteiger partial charge in [0.25, 0.3) is 0 Å². The average molecular weight is 344 g/mol. The Hall–Kier alpha value is -1.01. The van der Waals surface area contributed by atoms with Crippen LogP contribution in [0.5, 0.6) is 0 Å². The molecule has 0 spiro atoms. The summed E-state index contributed by atoms with van der Waals surface area (Å²) in [6.07, 6.45) is 1.17. The van der Waals surface area contributed by atoms with Crippen LogP contribution in [0.15, 0.2) is 34.9 Å². The molecule has 2 aromatic rings. The Morgan fingerprint density at radius 1 is 1.21 bits per heavy atom. The van der Waals surface area contributed by atoms with E-state index in [1.165, 1.54) is 0 Å². The number of ether oxygens (including phenoxy) is 2. The summed E-state index contributed by atoms with van der Waals surface area (Å²) in [5.41, 5.74) is 1.53. The number of rotatable bonds is 4. The van der Waals surface area contributed by atoms with E-state index in [4.69, 9.17) is 21.1 Å². The molecule has 0 bridgehead atoms. The van der Waals surface area contributed by atoms with E-state index >= 15 is 0 Å². The van der Waals surface area contributed by atoms with Gasteiger partial charge in [-0.05, 0) is 40.2 Å². The highest BCUT2D eigenvalue weighted by Gasteiger charge is 2.12. The summed E-state index contributed by atoms with van der Waals surface area (Å²) >= 11 is 9.35. The number of benzene rings is 1. The van der Waals surface area contributed by atoms with Crippen molar-refractivity contribution < 1.29 is 9.47 Å². The normalized spacial score (nSPS) is 11.0. The summed E-state index contributed by atoms with van der Waals surface area (Å²) in [4.78, 5) is 8.68. The molecule has 0 radical (unpaired) electrons. The standard InChI is InChI=1S/C13H12BrClN2O2/c1-18-13(19-2)11-5-6-16-12(17-11)8-3-4-10(15)9(14)7-8/h3-7,13H,1-2H3. The monoisotopic (exact) mass is 342 g/mol. The van der Waals surface area contributed by atoms with Crippen LogP contribution < -0.4 is 0 Å². The second-order valence-electron chi connectivity index (χ2n) is 3.74. The smallest absolute Gasteiger partial charge is 0.200 e. The van der Waals surface area contributed by atoms with Gasteiger partial charge in [-0.3, -0.25) is 0 Å². The van der Waals surface area contributed by atoms with Gasteiger partial charge in [-0.25, -0.2) is 9.97 Å². The Balaban J connectivity index is 2.40. The highest BCUT2D eigenvalue weighted by molar-refractivity contribution is 9.10. The van der Waals surface area contributed by atoms with Crippen molar-refractivity contribution in [2.75, 3.05) is 14.2 Å². The van der Waals surface area contributed by atoms with Crippen LogP contribution in [0.3, 0.4) is 0 Å². The number of hydrogen-bond donors (Lipinski definition) is 0. The molecule has 0 N–H and O–H groups in total. The highest BCUT2D eigenvalue weighted by Crippen LogP contribution is 2.27. The van der Waals surface area contributed by atoms with Gasteiger partial charge in [0.2, 0.25) is 6.29 Å². The number of methoxy groups -OCH3 is 2. The van der Waals surface area contributed by atoms with E-state index in [9.17, 15) is 0 Å². The Kier molecular flexibility index (Phi) is 4.87. The third kappa shape index (κ3) is 3.30. The first-order valence-corrected chi connectivity index (χ1v) is 6.66. The molecule has 100 valence electrons. The molecule has 4 nitrogen and oxygen atoms in total. The molecule has 0 aliphatic rings. The van der Waals surface area contributed by atoms with Crippen LogP contribution in [0.25, 0.3) is 11.4 Å². The predicted octanol–water partition coefficient (Wildman–Crippen LogP) is 3.85. The van der Waals surface area contributed by atoms with Crippen molar-refractivity contribution in [3.63, 3.8) is 0 Å². The molecule has 19 heavy (non-hydrogen) atoms. The van der Waals surface area contributed by atoms with E-state index in [0.717, 1.165) is 10.0 Å². The summed E-state index contributed by atoms with van der Waals surface area (Å²) in [6.45, 7) is 0. The Morgan fingerprint density at radius 2 is 1.95 bits per heavy atom. The van der Waals surface area contributed by atoms with Gasteiger partial charge in [0.15, 0.2) is 5.82 Å². The van der Waals surface area contributed by atoms with E-state index in [-0.39, 0.29) is 0 Å². The fraction of sp³-hybridized carbons (Fsp3) is 0.231. The van der Waals surface area contributed by atoms with Gasteiger partial charge in [0.05, 0.1) is 5.02 Å². The van der Waals surface area contributed by atoms with Crippen molar-refractivity contribution in [1.29, 1.82) is 0 Å². The average Bonchev–Trinajstić information content (AvgIpc) is 2.44. The van der Waals surface area contributed by atoms with Gasteiger partial charge in [0, 0.05) is 30.5 Å². The second-order valence-corrected chi connectivity index (χ2v) is 5.00. The maximum atomic E-state index is 5.97. The van der Waals surface area contributed by atoms with E-state index in [2.05, 4.69) is 25.9 Å². The molecule has 1 aromatic heterocycles. The van der Waals surface area contributed by atoms with Crippen LogP contribution in [0.4, 0.5) is 0 Å². The zero-order chi connectivity index (χ0) is 13.8. The maximum absolute atomic E-state index is 5.97. The lowest BCUT2D eigenvalue weighted by atomic mass is 10.2. The molecule has 0 atom stereocenters. The van der Waals surface area contributed by atoms with E-state index in [1.807, 2.05) is 12.1 Å². The summed E-state index contributed by atoms with van der Waals surface area (Å²) < 4.78 is 11.2. The molecule has 0 amide bonds. The molecule has 0 saturated heterocycles. The lowest BCUT2D eigenvalue weighted by molar-refractivity contribution is -0.108. The number of hydrogen-bond acceptors (Lipinski definition) is 4. The minimum Gasteiger partial charge on any atom is -0.350 e. The highest BCUT2D eigenvalue weighted by atomic mass is 79.9. The van der Waals surface area contributed by atoms with E-state index in [0.29, 0.717) is 16.5 Å². The van der Waals surface area contributed by atoms with Crippen LogP contribution in [-0.2, 0) is 9.47 Å². The molecule has 1 aromatic carbocycles. The summed E-state index contributed by atoms with van der Waals surface area (Å²) in [5.74, 6) is 0.592. The SMILES string of the molecule is COC(OC)c1ccnc(-c2ccc(Cl)c(Br)c2)n1. The molecule has 0 aliphatic heterocycles. The summed E-state index contributed by atoms with van der Waals surface area (Å²) in [7, 11) is 3.13. The van der Waals surface area contributed by atoms with Crippen molar-refractivity contribution in [3.05, 3.63) is 45.7 Å². The minimum atomic E-state index is -0.502. The largest absolute Gasteiger partial charge is 0.350 e. The predicted molar refractivity (Wildman–Crippen MR) is 76.9 cm³/mol. The molecule has 0 aliphatic carbocycles. The quantitative estimate of drug-likeness (QED) is 0.791. The lowest BCUT2D eigenvalue weighted by Crippen LogP contribution is -2.07. The third-order valence-electron chi connectivity index (χ3n) is 2.52. The molecule has 0 fully saturated rings. The third-order valence-corrected chi connectivity index (χ3v) is 3.74. The van der Waals surface area contributed by atoms with Crippen LogP contribution in [0.1, 0.15) is 12.0 Å². The van der Waals surface area contributed by atoms with Gasteiger partial charge < -0.3 is 9.47 Å². The number of nitrogens with zero attached hydrogens (tertiary/aromatic N) is 2. The molecule has 2 rings (SSSR count). The first-order valence-electron chi connectivity index (χ1n) is 5.49. The molecule has 6 heteroatoms. The van der Waals surface area contributed by atoms with Gasteiger partial charge in [-0.15, -0.1) is 0 Å². The summed E-state index contributed by atoms with van der Waals surface area (Å²) in [6, 6.07) is 7.28. The van der Waals surface area contributed by atoms with Crippen LogP contribution in [-0.4, -0.2) is 24.2 Å². The second kappa shape index (κ2) is 6.43. The lowest BCUT2D eigenvalue weighted by Gasteiger charge is -2.13. The summed E-state index contributed by atoms with van der Waals surface area (Å²) in [5, 5.41) is 0.645. The Morgan fingerprint density at radius 3 is 2.58 bits per heavy atom. The van der Waals surface area contributed by atoms with Gasteiger partial charge in [-0.2, -0.15) is 0 Å². The zero-order valence-electron chi connectivity index (χ0n) is 10.4. The molecular weight excluding hydrogens is 332 g/mol. The van der Waals surface area contributed by atoms with Gasteiger partial charge in [-0.1, -0.05) is 11.6 Å². The number of halogens is 2. The van der Waals surface area contributed by atoms with E-state index < -0.39 is 6.29 Å². The van der Waals surface area contributed by atoms with Gasteiger partial charge in [0.1, 0.15) is 5.69 Å². The van der Waals surface area contributed by atoms with Crippen molar-refractivity contribution >= 4 is 27.5 Å². The first-order chi connectivity index (χ1) is 9.15. The van der Waals surface area contributed by atoms with Crippen molar-refractivity contribution in [1.82, 2.24) is 9.97 Å². The van der Waals surface area contributed by atoms with Gasteiger partial charge >= 0.3 is 0 Å². The number of aromatic nitrogens is 2. The molecule has 1 heterocycles. The topological polar surface area (TPSA) is 44.2 Å². The minimum absolute atomic E-state index is 0.502. The Bertz CT molecular complexity index is 576. The van der Waals surface area contributed by atoms with Crippen LogP contribution in [0.2, 0.25) is 5.02 Å². The molecule has 0 unspecified atom stereocenters. The zero-order valence-corrected chi connectivity index (χ0v) is 12.8. The molecule has 0 saturated carbocycles. The van der Waals surface area contributed by atoms with Crippen LogP contribution in [0, 0.1) is 0 Å². The maximum Gasteiger partial charge on any atom is 0.200 e. The Labute approximate surface area is 124 Å². The fourth-order valence-corrected chi connectivity index (χ4v) is 2.11. The van der Waals surface area contributed by atoms with Crippen molar-refractivity contribution in [2.45, 2.75) is 6.29 Å². The van der Waals surface area contributed by atoms with Crippen molar-refractivity contribution in [2.24, 2.45) is 0 Å². The van der Waals surface area contributed by atoms with Crippen molar-refractivity contribution in [3.8, 4) is 11.4 Å².